The van der Waals surface area contributed by atoms with Gasteiger partial charge in [0.1, 0.15) is 5.69 Å². The first-order valence-electron chi connectivity index (χ1n) is 9.81. The molecule has 2 aromatic carbocycles. The quantitative estimate of drug-likeness (QED) is 0.276. The zero-order valence-electron chi connectivity index (χ0n) is 17.5. The van der Waals surface area contributed by atoms with Crippen LogP contribution in [0.2, 0.25) is 5.02 Å². The number of hydrogen-bond donors (Lipinski definition) is 2. The molecule has 0 fully saturated rings. The lowest BCUT2D eigenvalue weighted by Crippen LogP contribution is -2.27. The monoisotopic (exact) mass is 483 g/mol. The van der Waals surface area contributed by atoms with Crippen LogP contribution in [0.1, 0.15) is 0 Å². The SMILES string of the molecule is C=C(Nc1ccc(-n2nccn2)c(Cl)c1)C(=CN)C(=Nc1cccc2ccncc12)C(F)(F)F. The summed E-state index contributed by atoms with van der Waals surface area (Å²) in [5.74, 6) is 0. The average molecular weight is 484 g/mol. The summed E-state index contributed by atoms with van der Waals surface area (Å²) in [5, 5.41) is 12.3. The number of anilines is 1. The lowest BCUT2D eigenvalue weighted by Gasteiger charge is -2.18. The fraction of sp³-hybridized carbons (Fsp3) is 0.0435. The molecule has 4 rings (SSSR count). The zero-order chi connectivity index (χ0) is 24.3. The van der Waals surface area contributed by atoms with E-state index in [-0.39, 0.29) is 16.4 Å². The fourth-order valence-corrected chi connectivity index (χ4v) is 3.50. The number of nitrogens with two attached hydrogens (primary N) is 1. The molecule has 34 heavy (non-hydrogen) atoms. The van der Waals surface area contributed by atoms with Crippen molar-refractivity contribution in [3.63, 3.8) is 0 Å². The molecule has 172 valence electrons. The van der Waals surface area contributed by atoms with Gasteiger partial charge in [-0.2, -0.15) is 28.2 Å². The Morgan fingerprint density at radius 3 is 2.56 bits per heavy atom. The lowest BCUT2D eigenvalue weighted by atomic mass is 10.1. The molecule has 0 aliphatic carbocycles. The molecule has 0 unspecified atom stereocenters. The van der Waals surface area contributed by atoms with Gasteiger partial charge in [-0.25, -0.2) is 4.99 Å². The molecule has 0 aliphatic rings. The maximum atomic E-state index is 14.1. The second-order valence-electron chi connectivity index (χ2n) is 7.00. The molecule has 0 saturated carbocycles. The van der Waals surface area contributed by atoms with Gasteiger partial charge >= 0.3 is 6.18 Å². The van der Waals surface area contributed by atoms with E-state index < -0.39 is 17.5 Å². The third-order valence-electron chi connectivity index (χ3n) is 4.79. The minimum Gasteiger partial charge on any atom is -0.404 e. The molecule has 0 spiro atoms. The Bertz CT molecular complexity index is 1400. The van der Waals surface area contributed by atoms with Crippen molar-refractivity contribution in [3.05, 3.63) is 96.3 Å². The van der Waals surface area contributed by atoms with Crippen molar-refractivity contribution >= 4 is 39.5 Å². The average Bonchev–Trinajstić information content (AvgIpc) is 3.33. The molecule has 0 amide bonds. The number of alkyl halides is 3. The van der Waals surface area contributed by atoms with Gasteiger partial charge in [0, 0.05) is 40.9 Å². The number of aliphatic imine (C=N–C) groups is 1. The van der Waals surface area contributed by atoms with Gasteiger partial charge in [0.05, 0.1) is 23.1 Å². The largest absolute Gasteiger partial charge is 0.434 e. The van der Waals surface area contributed by atoms with E-state index in [1.165, 1.54) is 35.5 Å². The van der Waals surface area contributed by atoms with Gasteiger partial charge in [-0.15, -0.1) is 0 Å². The number of rotatable bonds is 6. The topological polar surface area (TPSA) is 94.0 Å². The highest BCUT2D eigenvalue weighted by Crippen LogP contribution is 2.32. The van der Waals surface area contributed by atoms with Crippen LogP contribution in [-0.4, -0.2) is 31.9 Å². The van der Waals surface area contributed by atoms with Crippen LogP contribution < -0.4 is 11.1 Å². The molecule has 4 aromatic rings. The van der Waals surface area contributed by atoms with Crippen LogP contribution in [-0.2, 0) is 0 Å². The van der Waals surface area contributed by atoms with Gasteiger partial charge in [-0.1, -0.05) is 30.3 Å². The molecule has 0 atom stereocenters. The highest BCUT2D eigenvalue weighted by molar-refractivity contribution is 6.32. The summed E-state index contributed by atoms with van der Waals surface area (Å²) >= 11 is 6.30. The Kier molecular flexibility index (Phi) is 6.33. The lowest BCUT2D eigenvalue weighted by molar-refractivity contribution is -0.0580. The summed E-state index contributed by atoms with van der Waals surface area (Å²) in [4.78, 5) is 9.22. The Labute approximate surface area is 197 Å². The molecule has 7 nitrogen and oxygen atoms in total. The molecule has 11 heteroatoms. The number of allylic oxidation sites excluding steroid dienone is 1. The number of fused-ring (bicyclic) bond motifs is 1. The number of nitrogens with one attached hydrogen (secondary N) is 1. The van der Waals surface area contributed by atoms with Gasteiger partial charge in [0.25, 0.3) is 0 Å². The van der Waals surface area contributed by atoms with Crippen LogP contribution in [0.5, 0.6) is 0 Å². The molecule has 2 heterocycles. The van der Waals surface area contributed by atoms with Crippen molar-refractivity contribution in [3.8, 4) is 5.69 Å². The van der Waals surface area contributed by atoms with E-state index in [0.717, 1.165) is 6.20 Å². The normalized spacial score (nSPS) is 12.7. The summed E-state index contributed by atoms with van der Waals surface area (Å²) in [6.07, 6.45) is 2.00. The maximum absolute atomic E-state index is 14.1. The first-order valence-corrected chi connectivity index (χ1v) is 10.2. The summed E-state index contributed by atoms with van der Waals surface area (Å²) < 4.78 is 42.2. The number of halogens is 4. The van der Waals surface area contributed by atoms with E-state index in [1.54, 1.807) is 36.5 Å². The highest BCUT2D eigenvalue weighted by Gasteiger charge is 2.39. The van der Waals surface area contributed by atoms with Crippen molar-refractivity contribution in [1.29, 1.82) is 0 Å². The molecule has 0 aliphatic heterocycles. The second-order valence-corrected chi connectivity index (χ2v) is 7.41. The molecule has 2 aromatic heterocycles. The van der Waals surface area contributed by atoms with Crippen molar-refractivity contribution in [2.75, 3.05) is 5.32 Å². The standard InChI is InChI=1S/C23H17ClF3N7/c1-14(32-16-5-6-21(19(24)11-16)34-30-9-10-31-34)17(12-28)22(23(25,26)27)33-20-4-2-3-15-7-8-29-13-18(15)20/h2-13,32H,1,28H2. The van der Waals surface area contributed by atoms with Crippen molar-refractivity contribution in [1.82, 2.24) is 20.0 Å². The van der Waals surface area contributed by atoms with Crippen LogP contribution in [0.25, 0.3) is 16.5 Å². The van der Waals surface area contributed by atoms with Gasteiger partial charge < -0.3 is 11.1 Å². The van der Waals surface area contributed by atoms with E-state index in [2.05, 4.69) is 32.1 Å². The first-order chi connectivity index (χ1) is 16.3. The Hall–Kier alpha value is -4.18. The number of hydrogen-bond acceptors (Lipinski definition) is 6. The van der Waals surface area contributed by atoms with Crippen LogP contribution in [0, 0.1) is 0 Å². The fourth-order valence-electron chi connectivity index (χ4n) is 3.24. The Morgan fingerprint density at radius 2 is 1.88 bits per heavy atom. The van der Waals surface area contributed by atoms with Crippen molar-refractivity contribution in [2.45, 2.75) is 6.18 Å². The first kappa shape index (κ1) is 23.0. The van der Waals surface area contributed by atoms with Crippen LogP contribution in [0.15, 0.2) is 96.3 Å². The maximum Gasteiger partial charge on any atom is 0.434 e. The van der Waals surface area contributed by atoms with Crippen LogP contribution in [0.4, 0.5) is 24.5 Å². The van der Waals surface area contributed by atoms with Gasteiger partial charge in [-0.3, -0.25) is 4.98 Å². The minimum absolute atomic E-state index is 0.101. The Balaban J connectivity index is 1.68. The van der Waals surface area contributed by atoms with E-state index >= 15 is 0 Å². The number of benzene rings is 2. The van der Waals surface area contributed by atoms with Crippen molar-refractivity contribution in [2.24, 2.45) is 10.7 Å². The van der Waals surface area contributed by atoms with E-state index in [9.17, 15) is 13.2 Å². The molecule has 0 radical (unpaired) electrons. The van der Waals surface area contributed by atoms with Gasteiger partial charge in [-0.05, 0) is 35.7 Å². The summed E-state index contributed by atoms with van der Waals surface area (Å²) in [5.41, 5.74) is 4.87. The Morgan fingerprint density at radius 1 is 1.12 bits per heavy atom. The highest BCUT2D eigenvalue weighted by atomic mass is 35.5. The molecular weight excluding hydrogens is 467 g/mol. The zero-order valence-corrected chi connectivity index (χ0v) is 18.2. The van der Waals surface area contributed by atoms with Gasteiger partial charge in [0.15, 0.2) is 5.71 Å². The predicted molar refractivity (Wildman–Crippen MR) is 126 cm³/mol. The third-order valence-corrected chi connectivity index (χ3v) is 5.09. The van der Waals surface area contributed by atoms with Crippen molar-refractivity contribution < 1.29 is 13.2 Å². The van der Waals surface area contributed by atoms with E-state index in [0.29, 0.717) is 22.1 Å². The van der Waals surface area contributed by atoms with Crippen LogP contribution in [0.3, 0.4) is 0 Å². The molecular formula is C23H17ClF3N7. The third kappa shape index (κ3) is 4.76. The van der Waals surface area contributed by atoms with Crippen LogP contribution >= 0.6 is 11.6 Å². The summed E-state index contributed by atoms with van der Waals surface area (Å²) in [6, 6.07) is 11.3. The van der Waals surface area contributed by atoms with E-state index in [4.69, 9.17) is 17.3 Å². The summed E-state index contributed by atoms with van der Waals surface area (Å²) in [7, 11) is 0. The van der Waals surface area contributed by atoms with E-state index in [1.807, 2.05) is 0 Å². The number of nitrogens with zero attached hydrogens (tertiary/aromatic N) is 5. The molecule has 3 N–H and O–H groups in total. The molecule has 0 bridgehead atoms. The van der Waals surface area contributed by atoms with Gasteiger partial charge in [0.2, 0.25) is 0 Å². The minimum atomic E-state index is -4.81. The summed E-state index contributed by atoms with van der Waals surface area (Å²) in [6.45, 7) is 3.74. The predicted octanol–water partition coefficient (Wildman–Crippen LogP) is 5.57. The smallest absolute Gasteiger partial charge is 0.404 e. The molecule has 0 saturated heterocycles. The second kappa shape index (κ2) is 9.36. The number of aromatic nitrogens is 4. The number of pyridine rings is 1.